The van der Waals surface area contributed by atoms with E-state index in [0.717, 1.165) is 17.9 Å². The molecule has 6 nitrogen and oxygen atoms in total. The van der Waals surface area contributed by atoms with Gasteiger partial charge in [0.25, 0.3) is 5.91 Å². The fourth-order valence-corrected chi connectivity index (χ4v) is 1.52. The molecule has 0 atom stereocenters. The van der Waals surface area contributed by atoms with E-state index >= 15 is 0 Å². The highest BCUT2D eigenvalue weighted by molar-refractivity contribution is 5.92. The van der Waals surface area contributed by atoms with Crippen molar-refractivity contribution in [2.45, 2.75) is 26.9 Å². The number of hydrogen-bond donors (Lipinski definition) is 1. The van der Waals surface area contributed by atoms with Gasteiger partial charge in [-0.3, -0.25) is 4.79 Å². The van der Waals surface area contributed by atoms with Gasteiger partial charge in [-0.05, 0) is 19.9 Å². The summed E-state index contributed by atoms with van der Waals surface area (Å²) in [7, 11) is 0. The Morgan fingerprint density at radius 3 is 3.06 bits per heavy atom. The maximum atomic E-state index is 11.8. The van der Waals surface area contributed by atoms with Crippen LogP contribution in [0.1, 0.15) is 28.9 Å². The molecule has 0 radical (unpaired) electrons. The first-order valence-corrected chi connectivity index (χ1v) is 5.41. The lowest BCUT2D eigenvalue weighted by Crippen LogP contribution is -2.24. The molecule has 0 aromatic carbocycles. The monoisotopic (exact) mass is 234 g/mol. The minimum absolute atomic E-state index is 0.238. The predicted molar refractivity (Wildman–Crippen MR) is 60.3 cm³/mol. The Balaban J connectivity index is 1.99. The van der Waals surface area contributed by atoms with Crippen molar-refractivity contribution >= 4 is 5.91 Å². The van der Waals surface area contributed by atoms with E-state index in [1.807, 2.05) is 18.4 Å². The van der Waals surface area contributed by atoms with Crippen LogP contribution in [-0.2, 0) is 13.1 Å². The molecule has 2 aromatic rings. The molecule has 17 heavy (non-hydrogen) atoms. The minimum atomic E-state index is -0.238. The SMILES string of the molecule is CCn1cnnc1CNC(=O)c1occc1C. The van der Waals surface area contributed by atoms with Crippen LogP contribution in [0.3, 0.4) is 0 Å². The normalized spacial score (nSPS) is 10.5. The molecule has 2 aromatic heterocycles. The second-order valence-corrected chi connectivity index (χ2v) is 3.65. The highest BCUT2D eigenvalue weighted by Crippen LogP contribution is 2.08. The first-order valence-electron chi connectivity index (χ1n) is 5.41. The van der Waals surface area contributed by atoms with Crippen LogP contribution in [0, 0.1) is 6.92 Å². The average molecular weight is 234 g/mol. The second kappa shape index (κ2) is 4.82. The van der Waals surface area contributed by atoms with Gasteiger partial charge < -0.3 is 14.3 Å². The largest absolute Gasteiger partial charge is 0.459 e. The van der Waals surface area contributed by atoms with Crippen LogP contribution in [-0.4, -0.2) is 20.7 Å². The van der Waals surface area contributed by atoms with E-state index in [-0.39, 0.29) is 5.91 Å². The highest BCUT2D eigenvalue weighted by atomic mass is 16.3. The maximum Gasteiger partial charge on any atom is 0.287 e. The predicted octanol–water partition coefficient (Wildman–Crippen LogP) is 1.13. The number of furan rings is 1. The summed E-state index contributed by atoms with van der Waals surface area (Å²) < 4.78 is 6.97. The van der Waals surface area contributed by atoms with Crippen molar-refractivity contribution in [3.63, 3.8) is 0 Å². The van der Waals surface area contributed by atoms with Crippen LogP contribution < -0.4 is 5.32 Å². The van der Waals surface area contributed by atoms with Crippen molar-refractivity contribution in [2.24, 2.45) is 0 Å². The molecule has 2 rings (SSSR count). The zero-order valence-electron chi connectivity index (χ0n) is 9.80. The van der Waals surface area contributed by atoms with Crippen molar-refractivity contribution in [1.82, 2.24) is 20.1 Å². The summed E-state index contributed by atoms with van der Waals surface area (Å²) >= 11 is 0. The van der Waals surface area contributed by atoms with Crippen molar-refractivity contribution in [3.8, 4) is 0 Å². The molecule has 0 aliphatic rings. The van der Waals surface area contributed by atoms with Crippen LogP contribution in [0.4, 0.5) is 0 Å². The number of hydrogen-bond acceptors (Lipinski definition) is 4. The number of aryl methyl sites for hydroxylation is 2. The van der Waals surface area contributed by atoms with E-state index < -0.39 is 0 Å². The Hall–Kier alpha value is -2.11. The van der Waals surface area contributed by atoms with E-state index in [2.05, 4.69) is 15.5 Å². The summed E-state index contributed by atoms with van der Waals surface area (Å²) in [5.74, 6) is 0.829. The molecule has 0 aliphatic carbocycles. The summed E-state index contributed by atoms with van der Waals surface area (Å²) in [6, 6.07) is 1.75. The molecule has 90 valence electrons. The van der Waals surface area contributed by atoms with Gasteiger partial charge in [0.2, 0.25) is 0 Å². The third-order valence-corrected chi connectivity index (χ3v) is 2.51. The quantitative estimate of drug-likeness (QED) is 0.860. The molecule has 1 amide bonds. The third kappa shape index (κ3) is 2.35. The summed E-state index contributed by atoms with van der Waals surface area (Å²) in [4.78, 5) is 11.8. The first-order chi connectivity index (χ1) is 8.22. The van der Waals surface area contributed by atoms with Gasteiger partial charge in [-0.2, -0.15) is 0 Å². The van der Waals surface area contributed by atoms with Gasteiger partial charge in [-0.15, -0.1) is 10.2 Å². The van der Waals surface area contributed by atoms with Crippen LogP contribution >= 0.6 is 0 Å². The minimum Gasteiger partial charge on any atom is -0.459 e. The van der Waals surface area contributed by atoms with Gasteiger partial charge in [-0.25, -0.2) is 0 Å². The lowest BCUT2D eigenvalue weighted by Gasteiger charge is -2.04. The number of carbonyl (C=O) groups excluding carboxylic acids is 1. The Bertz CT molecular complexity index is 515. The number of rotatable bonds is 4. The molecule has 0 aliphatic heterocycles. The Morgan fingerprint density at radius 1 is 1.59 bits per heavy atom. The zero-order chi connectivity index (χ0) is 12.3. The van der Waals surface area contributed by atoms with E-state index in [4.69, 9.17) is 4.42 Å². The van der Waals surface area contributed by atoms with Crippen LogP contribution in [0.25, 0.3) is 0 Å². The van der Waals surface area contributed by atoms with Crippen molar-refractivity contribution in [1.29, 1.82) is 0 Å². The molecule has 2 heterocycles. The molecule has 0 fully saturated rings. The second-order valence-electron chi connectivity index (χ2n) is 3.65. The number of nitrogens with one attached hydrogen (secondary N) is 1. The molecule has 0 unspecified atom stereocenters. The Kier molecular flexibility index (Phi) is 3.22. The lowest BCUT2D eigenvalue weighted by atomic mass is 10.3. The fraction of sp³-hybridized carbons (Fsp3) is 0.364. The van der Waals surface area contributed by atoms with Crippen molar-refractivity contribution < 1.29 is 9.21 Å². The molecular formula is C11H14N4O2. The molecule has 1 N–H and O–H groups in total. The Morgan fingerprint density at radius 2 is 2.41 bits per heavy atom. The van der Waals surface area contributed by atoms with Gasteiger partial charge in [0, 0.05) is 12.1 Å². The standard InChI is InChI=1S/C11H14N4O2/c1-3-15-7-13-14-9(15)6-12-11(16)10-8(2)4-5-17-10/h4-5,7H,3,6H2,1-2H3,(H,12,16). The summed E-state index contributed by atoms with van der Waals surface area (Å²) in [5, 5.41) is 10.5. The van der Waals surface area contributed by atoms with E-state index in [1.165, 1.54) is 6.26 Å². The lowest BCUT2D eigenvalue weighted by molar-refractivity contribution is 0.0921. The van der Waals surface area contributed by atoms with Gasteiger partial charge in [0.1, 0.15) is 6.33 Å². The van der Waals surface area contributed by atoms with Crippen LogP contribution in [0.2, 0.25) is 0 Å². The molecule has 0 bridgehead atoms. The van der Waals surface area contributed by atoms with Crippen LogP contribution in [0.5, 0.6) is 0 Å². The van der Waals surface area contributed by atoms with E-state index in [0.29, 0.717) is 12.3 Å². The molecule has 6 heteroatoms. The third-order valence-electron chi connectivity index (χ3n) is 2.51. The molecular weight excluding hydrogens is 220 g/mol. The number of aromatic nitrogens is 3. The van der Waals surface area contributed by atoms with Gasteiger partial charge >= 0.3 is 0 Å². The van der Waals surface area contributed by atoms with E-state index in [9.17, 15) is 4.79 Å². The number of carbonyl (C=O) groups is 1. The average Bonchev–Trinajstić information content (AvgIpc) is 2.94. The number of amides is 1. The van der Waals surface area contributed by atoms with Crippen LogP contribution in [0.15, 0.2) is 23.1 Å². The first kappa shape index (κ1) is 11.4. The van der Waals surface area contributed by atoms with E-state index in [1.54, 1.807) is 12.4 Å². The topological polar surface area (TPSA) is 73.0 Å². The van der Waals surface area contributed by atoms with Gasteiger partial charge in [0.05, 0.1) is 12.8 Å². The summed E-state index contributed by atoms with van der Waals surface area (Å²) in [6.45, 7) is 4.93. The smallest absolute Gasteiger partial charge is 0.287 e. The maximum absolute atomic E-state index is 11.8. The Labute approximate surface area is 98.6 Å². The summed E-state index contributed by atoms with van der Waals surface area (Å²) in [6.07, 6.45) is 3.14. The molecule has 0 saturated heterocycles. The van der Waals surface area contributed by atoms with Crippen molar-refractivity contribution in [2.75, 3.05) is 0 Å². The van der Waals surface area contributed by atoms with Crippen molar-refractivity contribution in [3.05, 3.63) is 35.8 Å². The number of nitrogens with zero attached hydrogens (tertiary/aromatic N) is 3. The fourth-order valence-electron chi connectivity index (χ4n) is 1.52. The summed E-state index contributed by atoms with van der Waals surface area (Å²) in [5.41, 5.74) is 0.819. The van der Waals surface area contributed by atoms with Gasteiger partial charge in [0.15, 0.2) is 11.6 Å². The zero-order valence-corrected chi connectivity index (χ0v) is 9.80. The molecule has 0 spiro atoms. The van der Waals surface area contributed by atoms with Gasteiger partial charge in [-0.1, -0.05) is 0 Å². The molecule has 0 saturated carbocycles. The highest BCUT2D eigenvalue weighted by Gasteiger charge is 2.13.